The highest BCUT2D eigenvalue weighted by molar-refractivity contribution is 5.76. The highest BCUT2D eigenvalue weighted by Gasteiger charge is 2.14. The zero-order chi connectivity index (χ0) is 18.8. The zero-order valence-electron chi connectivity index (χ0n) is 15.5. The van der Waals surface area contributed by atoms with Gasteiger partial charge >= 0.3 is 0 Å². The van der Waals surface area contributed by atoms with Crippen molar-refractivity contribution in [2.24, 2.45) is 0 Å². The van der Waals surface area contributed by atoms with Crippen molar-refractivity contribution < 1.29 is 4.79 Å². The molecule has 138 valence electrons. The second-order valence-corrected chi connectivity index (χ2v) is 6.54. The Morgan fingerprint density at radius 2 is 2.12 bits per heavy atom. The molecule has 3 aromatic rings. The maximum absolute atomic E-state index is 12.3. The van der Waals surface area contributed by atoms with Crippen molar-refractivity contribution in [3.8, 4) is 0 Å². The number of amides is 1. The third kappa shape index (κ3) is 3.68. The van der Waals surface area contributed by atoms with Gasteiger partial charge in [-0.1, -0.05) is 0 Å². The number of H-pyrrole nitrogens is 1. The Hall–Kier alpha value is -2.90. The molecule has 3 rings (SSSR count). The standard InChI is InChI=1S/C18H24N6O2/c1-5-23-10-14(12(3)22-23)6-7-17(25)19-13(4)15-9-18(26)24-16(20-15)8-11(2)21-24/h8-10,13,21H,5-7H2,1-4H3,(H,19,25)/t13-/m1/s1. The lowest BCUT2D eigenvalue weighted by molar-refractivity contribution is -0.121. The molecule has 0 radical (unpaired) electrons. The molecule has 1 amide bonds. The summed E-state index contributed by atoms with van der Waals surface area (Å²) in [6, 6.07) is 2.91. The fourth-order valence-corrected chi connectivity index (χ4v) is 2.95. The van der Waals surface area contributed by atoms with Crippen molar-refractivity contribution in [1.29, 1.82) is 0 Å². The van der Waals surface area contributed by atoms with Crippen LogP contribution in [-0.4, -0.2) is 30.3 Å². The van der Waals surface area contributed by atoms with Crippen LogP contribution in [0.5, 0.6) is 0 Å². The van der Waals surface area contributed by atoms with E-state index in [1.165, 1.54) is 10.6 Å². The lowest BCUT2D eigenvalue weighted by Gasteiger charge is -2.13. The number of fused-ring (bicyclic) bond motifs is 1. The van der Waals surface area contributed by atoms with E-state index in [2.05, 4.69) is 20.5 Å². The van der Waals surface area contributed by atoms with Crippen LogP contribution in [0.2, 0.25) is 0 Å². The first-order chi connectivity index (χ1) is 12.4. The molecule has 0 saturated heterocycles. The minimum Gasteiger partial charge on any atom is -0.348 e. The van der Waals surface area contributed by atoms with Gasteiger partial charge in [-0.25, -0.2) is 9.50 Å². The van der Waals surface area contributed by atoms with Gasteiger partial charge in [-0.3, -0.25) is 19.4 Å². The fourth-order valence-electron chi connectivity index (χ4n) is 2.95. The van der Waals surface area contributed by atoms with Gasteiger partial charge in [0, 0.05) is 37.0 Å². The highest BCUT2D eigenvalue weighted by atomic mass is 16.1. The van der Waals surface area contributed by atoms with E-state index in [0.717, 1.165) is 23.5 Å². The SMILES string of the molecule is CCn1cc(CCC(=O)N[C@H](C)c2cc(=O)n3[nH]c(C)cc3n2)c(C)n1. The summed E-state index contributed by atoms with van der Waals surface area (Å²) in [4.78, 5) is 28.9. The zero-order valence-corrected chi connectivity index (χ0v) is 15.5. The van der Waals surface area contributed by atoms with Gasteiger partial charge in [0.15, 0.2) is 5.65 Å². The van der Waals surface area contributed by atoms with Crippen molar-refractivity contribution >= 4 is 11.6 Å². The van der Waals surface area contributed by atoms with Crippen molar-refractivity contribution in [3.05, 3.63) is 51.3 Å². The number of nitrogens with one attached hydrogen (secondary N) is 2. The summed E-state index contributed by atoms with van der Waals surface area (Å²) in [6.45, 7) is 8.49. The van der Waals surface area contributed by atoms with Gasteiger partial charge in [-0.15, -0.1) is 0 Å². The summed E-state index contributed by atoms with van der Waals surface area (Å²) in [5.41, 5.74) is 3.80. The smallest absolute Gasteiger partial charge is 0.272 e. The van der Waals surface area contributed by atoms with Gasteiger partial charge in [-0.2, -0.15) is 5.10 Å². The Balaban J connectivity index is 1.65. The van der Waals surface area contributed by atoms with Gasteiger partial charge < -0.3 is 5.32 Å². The third-order valence-electron chi connectivity index (χ3n) is 4.41. The van der Waals surface area contributed by atoms with E-state index >= 15 is 0 Å². The molecule has 3 heterocycles. The summed E-state index contributed by atoms with van der Waals surface area (Å²) >= 11 is 0. The molecule has 1 atom stereocenters. The molecule has 0 aromatic carbocycles. The van der Waals surface area contributed by atoms with Crippen molar-refractivity contribution in [3.63, 3.8) is 0 Å². The van der Waals surface area contributed by atoms with Gasteiger partial charge in [-0.05, 0) is 39.7 Å². The first-order valence-electron chi connectivity index (χ1n) is 8.79. The number of carbonyl (C=O) groups excluding carboxylic acids is 1. The van der Waals surface area contributed by atoms with E-state index in [4.69, 9.17) is 0 Å². The van der Waals surface area contributed by atoms with Crippen LogP contribution < -0.4 is 10.9 Å². The molecular formula is C18H24N6O2. The number of hydrogen-bond acceptors (Lipinski definition) is 4. The summed E-state index contributed by atoms with van der Waals surface area (Å²) < 4.78 is 3.26. The average molecular weight is 356 g/mol. The molecule has 0 aliphatic rings. The van der Waals surface area contributed by atoms with Crippen molar-refractivity contribution in [2.45, 2.75) is 53.1 Å². The first kappa shape index (κ1) is 17.9. The topological polar surface area (TPSA) is 97.1 Å². The van der Waals surface area contributed by atoms with Crippen molar-refractivity contribution in [1.82, 2.24) is 29.7 Å². The van der Waals surface area contributed by atoms with Crippen LogP contribution in [0.4, 0.5) is 0 Å². The molecule has 0 fully saturated rings. The number of aromatic nitrogens is 5. The Morgan fingerprint density at radius 1 is 1.35 bits per heavy atom. The molecule has 0 saturated carbocycles. The second-order valence-electron chi connectivity index (χ2n) is 6.54. The molecule has 0 bridgehead atoms. The molecule has 8 nitrogen and oxygen atoms in total. The normalized spacial score (nSPS) is 12.5. The van der Waals surface area contributed by atoms with E-state index in [1.54, 1.807) is 6.07 Å². The quantitative estimate of drug-likeness (QED) is 0.702. The molecule has 0 spiro atoms. The van der Waals surface area contributed by atoms with Crippen LogP contribution >= 0.6 is 0 Å². The second kappa shape index (κ2) is 7.15. The van der Waals surface area contributed by atoms with E-state index < -0.39 is 0 Å². The first-order valence-corrected chi connectivity index (χ1v) is 8.79. The van der Waals surface area contributed by atoms with Gasteiger partial charge in [0.05, 0.1) is 17.4 Å². The highest BCUT2D eigenvalue weighted by Crippen LogP contribution is 2.12. The summed E-state index contributed by atoms with van der Waals surface area (Å²) in [5.74, 6) is -0.0756. The van der Waals surface area contributed by atoms with Crippen LogP contribution in [0.1, 0.15) is 49.0 Å². The van der Waals surface area contributed by atoms with Crippen LogP contribution in [0.15, 0.2) is 23.1 Å². The predicted octanol–water partition coefficient (Wildman–Crippen LogP) is 1.67. The molecule has 0 unspecified atom stereocenters. The third-order valence-corrected chi connectivity index (χ3v) is 4.41. The molecule has 0 aliphatic carbocycles. The molecule has 2 N–H and O–H groups in total. The number of carbonyl (C=O) groups is 1. The van der Waals surface area contributed by atoms with E-state index in [9.17, 15) is 9.59 Å². The minimum atomic E-state index is -0.338. The minimum absolute atomic E-state index is 0.0756. The van der Waals surface area contributed by atoms with E-state index in [-0.39, 0.29) is 17.5 Å². The fraction of sp³-hybridized carbons (Fsp3) is 0.444. The number of aryl methyl sites for hydroxylation is 4. The molecular weight excluding hydrogens is 332 g/mol. The summed E-state index contributed by atoms with van der Waals surface area (Å²) in [7, 11) is 0. The summed E-state index contributed by atoms with van der Waals surface area (Å²) in [6.07, 6.45) is 2.98. The van der Waals surface area contributed by atoms with E-state index in [0.29, 0.717) is 24.2 Å². The Morgan fingerprint density at radius 3 is 2.81 bits per heavy atom. The largest absolute Gasteiger partial charge is 0.348 e. The van der Waals surface area contributed by atoms with Crippen LogP contribution in [0.3, 0.4) is 0 Å². The Bertz CT molecular complexity index is 997. The predicted molar refractivity (Wildman–Crippen MR) is 98.1 cm³/mol. The average Bonchev–Trinajstić information content (AvgIpc) is 3.14. The van der Waals surface area contributed by atoms with Gasteiger partial charge in [0.25, 0.3) is 5.56 Å². The Labute approximate surface area is 151 Å². The van der Waals surface area contributed by atoms with Crippen LogP contribution in [0.25, 0.3) is 5.65 Å². The lowest BCUT2D eigenvalue weighted by atomic mass is 10.1. The van der Waals surface area contributed by atoms with Crippen molar-refractivity contribution in [2.75, 3.05) is 0 Å². The number of aromatic amines is 1. The molecule has 3 aromatic heterocycles. The number of nitrogens with zero attached hydrogens (tertiary/aromatic N) is 4. The monoisotopic (exact) mass is 356 g/mol. The maximum atomic E-state index is 12.3. The van der Waals surface area contributed by atoms with E-state index in [1.807, 2.05) is 38.6 Å². The molecule has 0 aliphatic heterocycles. The number of rotatable bonds is 6. The van der Waals surface area contributed by atoms with Gasteiger partial charge in [0.1, 0.15) is 0 Å². The summed E-state index contributed by atoms with van der Waals surface area (Å²) in [5, 5.41) is 10.2. The van der Waals surface area contributed by atoms with Crippen LogP contribution in [0, 0.1) is 13.8 Å². The maximum Gasteiger partial charge on any atom is 0.272 e. The number of hydrogen-bond donors (Lipinski definition) is 2. The molecule has 26 heavy (non-hydrogen) atoms. The molecule has 8 heteroatoms. The van der Waals surface area contributed by atoms with Crippen LogP contribution in [-0.2, 0) is 17.8 Å². The Kier molecular flexibility index (Phi) is 4.92. The van der Waals surface area contributed by atoms with Gasteiger partial charge in [0.2, 0.25) is 5.91 Å². The lowest BCUT2D eigenvalue weighted by Crippen LogP contribution is -2.29.